The number of nitrogens with one attached hydrogen (secondary N) is 1. The first-order chi connectivity index (χ1) is 8.25. The molecular weight excluding hydrogens is 230 g/mol. The molecule has 0 aliphatic carbocycles. The Kier molecular flexibility index (Phi) is 3.94. The molecular formula is C14H14NOS. The molecule has 0 aliphatic heterocycles. The van der Waals surface area contributed by atoms with Gasteiger partial charge in [0.15, 0.2) is 0 Å². The Morgan fingerprint density at radius 2 is 2.00 bits per heavy atom. The lowest BCUT2D eigenvalue weighted by atomic mass is 10.1. The summed E-state index contributed by atoms with van der Waals surface area (Å²) in [6.45, 7) is 4.46. The van der Waals surface area contributed by atoms with E-state index in [2.05, 4.69) is 18.3 Å². The average Bonchev–Trinajstić information content (AvgIpc) is 2.83. The molecule has 0 fully saturated rings. The van der Waals surface area contributed by atoms with Gasteiger partial charge < -0.3 is 5.32 Å². The van der Waals surface area contributed by atoms with Crippen LogP contribution in [0.25, 0.3) is 0 Å². The number of thiophene rings is 1. The van der Waals surface area contributed by atoms with Gasteiger partial charge in [0.1, 0.15) is 0 Å². The van der Waals surface area contributed by atoms with Gasteiger partial charge in [-0.2, -0.15) is 0 Å². The van der Waals surface area contributed by atoms with Gasteiger partial charge in [-0.25, -0.2) is 0 Å². The molecule has 0 unspecified atom stereocenters. The van der Waals surface area contributed by atoms with Crippen LogP contribution < -0.4 is 5.32 Å². The molecule has 0 aliphatic rings. The van der Waals surface area contributed by atoms with Crippen molar-refractivity contribution in [1.82, 2.24) is 5.32 Å². The molecule has 1 N–H and O–H groups in total. The van der Waals surface area contributed by atoms with E-state index >= 15 is 0 Å². The molecule has 2 nitrogen and oxygen atoms in total. The van der Waals surface area contributed by atoms with Crippen LogP contribution in [-0.4, -0.2) is 12.5 Å². The van der Waals surface area contributed by atoms with Crippen LogP contribution in [0.15, 0.2) is 41.8 Å². The zero-order chi connectivity index (χ0) is 12.1. The zero-order valence-electron chi connectivity index (χ0n) is 9.48. The highest BCUT2D eigenvalue weighted by Crippen LogP contribution is 2.08. The molecule has 0 spiro atoms. The highest BCUT2D eigenvalue weighted by molar-refractivity contribution is 7.09. The average molecular weight is 244 g/mol. The summed E-state index contributed by atoms with van der Waals surface area (Å²) in [6.07, 6.45) is 0.886. The number of hydrogen-bond acceptors (Lipinski definition) is 2. The third kappa shape index (κ3) is 3.43. The molecule has 1 radical (unpaired) electrons. The SMILES string of the molecule is [CH2]c1ccc(C(=O)NCCc2cccs2)cc1. The monoisotopic (exact) mass is 244 g/mol. The third-order valence-electron chi connectivity index (χ3n) is 2.45. The molecule has 1 aromatic heterocycles. The van der Waals surface area contributed by atoms with Crippen LogP contribution in [-0.2, 0) is 6.42 Å². The first-order valence-corrected chi connectivity index (χ1v) is 6.36. The van der Waals surface area contributed by atoms with Crippen molar-refractivity contribution in [3.8, 4) is 0 Å². The van der Waals surface area contributed by atoms with Gasteiger partial charge >= 0.3 is 0 Å². The fourth-order valence-electron chi connectivity index (χ4n) is 1.51. The molecule has 87 valence electrons. The summed E-state index contributed by atoms with van der Waals surface area (Å²) < 4.78 is 0. The van der Waals surface area contributed by atoms with E-state index in [1.165, 1.54) is 4.88 Å². The molecule has 3 heteroatoms. The molecule has 2 rings (SSSR count). The Hall–Kier alpha value is -1.61. The van der Waals surface area contributed by atoms with Crippen molar-refractivity contribution < 1.29 is 4.79 Å². The van der Waals surface area contributed by atoms with Crippen molar-refractivity contribution in [2.45, 2.75) is 6.42 Å². The summed E-state index contributed by atoms with van der Waals surface area (Å²) in [5.41, 5.74) is 1.60. The minimum absolute atomic E-state index is 0.0263. The molecule has 0 saturated carbocycles. The topological polar surface area (TPSA) is 29.1 Å². The Bertz CT molecular complexity index is 473. The highest BCUT2D eigenvalue weighted by atomic mass is 32.1. The normalized spacial score (nSPS) is 10.2. The second-order valence-electron chi connectivity index (χ2n) is 3.78. The summed E-state index contributed by atoms with van der Waals surface area (Å²) in [7, 11) is 0. The van der Waals surface area contributed by atoms with Gasteiger partial charge in [-0.3, -0.25) is 4.79 Å². The predicted molar refractivity (Wildman–Crippen MR) is 71.3 cm³/mol. The quantitative estimate of drug-likeness (QED) is 0.880. The van der Waals surface area contributed by atoms with Crippen LogP contribution in [0.2, 0.25) is 0 Å². The summed E-state index contributed by atoms with van der Waals surface area (Å²) in [6, 6.07) is 11.4. The highest BCUT2D eigenvalue weighted by Gasteiger charge is 2.03. The first kappa shape index (κ1) is 11.9. The van der Waals surface area contributed by atoms with E-state index in [0.29, 0.717) is 12.1 Å². The van der Waals surface area contributed by atoms with Gasteiger partial charge in [0.05, 0.1) is 0 Å². The second-order valence-corrected chi connectivity index (χ2v) is 4.81. The van der Waals surface area contributed by atoms with Gasteiger partial charge in [-0.05, 0) is 42.5 Å². The number of amides is 1. The maximum absolute atomic E-state index is 11.8. The van der Waals surface area contributed by atoms with Gasteiger partial charge in [0.25, 0.3) is 5.91 Å². The molecule has 1 aromatic carbocycles. The van der Waals surface area contributed by atoms with Crippen LogP contribution in [0.1, 0.15) is 20.8 Å². The largest absolute Gasteiger partial charge is 0.352 e. The summed E-state index contributed by atoms with van der Waals surface area (Å²) in [4.78, 5) is 13.0. The van der Waals surface area contributed by atoms with Crippen LogP contribution >= 0.6 is 11.3 Å². The molecule has 1 heterocycles. The number of carbonyl (C=O) groups excluding carboxylic acids is 1. The van der Waals surface area contributed by atoms with Crippen LogP contribution in [0.4, 0.5) is 0 Å². The first-order valence-electron chi connectivity index (χ1n) is 5.48. The third-order valence-corrected chi connectivity index (χ3v) is 3.39. The Balaban J connectivity index is 1.83. The summed E-state index contributed by atoms with van der Waals surface area (Å²) >= 11 is 1.71. The van der Waals surface area contributed by atoms with Crippen LogP contribution in [0.5, 0.6) is 0 Å². The molecule has 17 heavy (non-hydrogen) atoms. The van der Waals surface area contributed by atoms with E-state index in [-0.39, 0.29) is 5.91 Å². The Morgan fingerprint density at radius 3 is 2.65 bits per heavy atom. The maximum atomic E-state index is 11.8. The van der Waals surface area contributed by atoms with Crippen molar-refractivity contribution in [1.29, 1.82) is 0 Å². The lowest BCUT2D eigenvalue weighted by molar-refractivity contribution is 0.0954. The van der Waals surface area contributed by atoms with Gasteiger partial charge in [0, 0.05) is 17.0 Å². The van der Waals surface area contributed by atoms with E-state index in [4.69, 9.17) is 0 Å². The van der Waals surface area contributed by atoms with Crippen molar-refractivity contribution in [3.05, 3.63) is 64.7 Å². The van der Waals surface area contributed by atoms with E-state index < -0.39 is 0 Å². The number of hydrogen-bond donors (Lipinski definition) is 1. The van der Waals surface area contributed by atoms with E-state index in [0.717, 1.165) is 12.0 Å². The van der Waals surface area contributed by atoms with Crippen molar-refractivity contribution in [2.75, 3.05) is 6.54 Å². The Morgan fingerprint density at radius 1 is 1.24 bits per heavy atom. The lowest BCUT2D eigenvalue weighted by Crippen LogP contribution is -2.25. The fraction of sp³-hybridized carbons (Fsp3) is 0.143. The number of carbonyl (C=O) groups is 1. The van der Waals surface area contributed by atoms with E-state index in [1.54, 1.807) is 23.5 Å². The minimum Gasteiger partial charge on any atom is -0.352 e. The molecule has 2 aromatic rings. The van der Waals surface area contributed by atoms with Gasteiger partial charge in [-0.15, -0.1) is 11.3 Å². The summed E-state index contributed by atoms with van der Waals surface area (Å²) in [5, 5.41) is 4.95. The molecule has 0 saturated heterocycles. The zero-order valence-corrected chi connectivity index (χ0v) is 10.3. The van der Waals surface area contributed by atoms with Gasteiger partial charge in [0.2, 0.25) is 0 Å². The van der Waals surface area contributed by atoms with Crippen molar-refractivity contribution >= 4 is 17.2 Å². The smallest absolute Gasteiger partial charge is 0.251 e. The molecule has 1 amide bonds. The van der Waals surface area contributed by atoms with Crippen LogP contribution in [0, 0.1) is 6.92 Å². The fourth-order valence-corrected chi connectivity index (χ4v) is 2.22. The van der Waals surface area contributed by atoms with E-state index in [9.17, 15) is 4.79 Å². The standard InChI is InChI=1S/C14H14NOS/c1-11-4-6-12(7-5-11)14(16)15-9-8-13-3-2-10-17-13/h2-7,10H,1,8-9H2,(H,15,16). The Labute approximate surface area is 105 Å². The molecule has 0 bridgehead atoms. The van der Waals surface area contributed by atoms with Gasteiger partial charge in [-0.1, -0.05) is 18.2 Å². The van der Waals surface area contributed by atoms with Crippen LogP contribution in [0.3, 0.4) is 0 Å². The lowest BCUT2D eigenvalue weighted by Gasteiger charge is -2.04. The summed E-state index contributed by atoms with van der Waals surface area (Å²) in [5.74, 6) is -0.0263. The molecule has 0 atom stereocenters. The van der Waals surface area contributed by atoms with Crippen molar-refractivity contribution in [2.24, 2.45) is 0 Å². The number of rotatable bonds is 4. The number of benzene rings is 1. The predicted octanol–water partition coefficient (Wildman–Crippen LogP) is 2.90. The van der Waals surface area contributed by atoms with E-state index in [1.807, 2.05) is 23.6 Å². The second kappa shape index (κ2) is 5.64. The maximum Gasteiger partial charge on any atom is 0.251 e. The van der Waals surface area contributed by atoms with Crippen molar-refractivity contribution in [3.63, 3.8) is 0 Å². The minimum atomic E-state index is -0.0263.